The highest BCUT2D eigenvalue weighted by atomic mass is 32.1. The minimum Gasteiger partial charge on any atom is -0.312 e. The summed E-state index contributed by atoms with van der Waals surface area (Å²) in [6.07, 6.45) is 2.08. The molecule has 1 heterocycles. The zero-order valence-electron chi connectivity index (χ0n) is 8.13. The monoisotopic (exact) mass is 187 g/mol. The summed E-state index contributed by atoms with van der Waals surface area (Å²) in [5.41, 5.74) is 0.644. The maximum atomic E-state index is 9.83. The molecule has 0 saturated heterocycles. The molecule has 1 N–H and O–H groups in total. The molecule has 0 unspecified atom stereocenters. The van der Waals surface area contributed by atoms with Crippen molar-refractivity contribution in [2.45, 2.75) is 38.8 Å². The number of hydrogen-bond donors (Lipinski definition) is 2. The fourth-order valence-electron chi connectivity index (χ4n) is 1.76. The fourth-order valence-corrected chi connectivity index (χ4v) is 2.24. The lowest BCUT2D eigenvalue weighted by molar-refractivity contribution is -0.185. The molecule has 0 aliphatic carbocycles. The molecule has 0 amide bonds. The Morgan fingerprint density at radius 3 is 2.08 bits per heavy atom. The number of hydroxylamine groups is 2. The molecule has 3 heteroatoms. The molecule has 0 aromatic heterocycles. The molecule has 12 heavy (non-hydrogen) atoms. The first kappa shape index (κ1) is 10.1. The summed E-state index contributed by atoms with van der Waals surface area (Å²) in [6.45, 7) is 7.99. The van der Waals surface area contributed by atoms with E-state index in [0.717, 1.165) is 0 Å². The first-order valence-corrected chi connectivity index (χ1v) is 4.78. The van der Waals surface area contributed by atoms with Crippen LogP contribution in [-0.2, 0) is 0 Å². The Hall–Kier alpha value is 0.01000. The topological polar surface area (TPSA) is 23.5 Å². The molecule has 70 valence electrons. The van der Waals surface area contributed by atoms with E-state index in [0.29, 0.717) is 5.75 Å². The molecule has 0 bridgehead atoms. The van der Waals surface area contributed by atoms with Crippen LogP contribution in [0.4, 0.5) is 0 Å². The van der Waals surface area contributed by atoms with Crippen molar-refractivity contribution >= 4 is 12.6 Å². The van der Waals surface area contributed by atoms with Crippen molar-refractivity contribution in [1.82, 2.24) is 5.06 Å². The first-order chi connectivity index (χ1) is 5.32. The molecule has 0 aromatic carbocycles. The van der Waals surface area contributed by atoms with Crippen molar-refractivity contribution in [3.63, 3.8) is 0 Å². The summed E-state index contributed by atoms with van der Waals surface area (Å²) in [7, 11) is 0. The molecule has 0 spiro atoms. The molecular formula is C9H17NOS. The van der Waals surface area contributed by atoms with E-state index in [2.05, 4.69) is 18.7 Å². The first-order valence-electron chi connectivity index (χ1n) is 4.14. The van der Waals surface area contributed by atoms with Crippen LogP contribution < -0.4 is 0 Å². The quantitative estimate of drug-likeness (QED) is 0.485. The van der Waals surface area contributed by atoms with E-state index in [-0.39, 0.29) is 11.1 Å². The standard InChI is InChI=1S/C9H17NOS/c1-8(2)5-7(6-12)9(3,4)10(8)11/h5,11-12H,6H2,1-4H3. The molecule has 2 nitrogen and oxygen atoms in total. The van der Waals surface area contributed by atoms with Gasteiger partial charge in [-0.1, -0.05) is 6.08 Å². The van der Waals surface area contributed by atoms with E-state index >= 15 is 0 Å². The van der Waals surface area contributed by atoms with Crippen molar-refractivity contribution in [3.8, 4) is 0 Å². The molecule has 1 aliphatic rings. The Morgan fingerprint density at radius 2 is 1.92 bits per heavy atom. The van der Waals surface area contributed by atoms with Crippen LogP contribution in [0, 0.1) is 0 Å². The second-order valence-electron chi connectivity index (χ2n) is 4.35. The second kappa shape index (κ2) is 2.76. The zero-order chi connectivity index (χ0) is 9.57. The lowest BCUT2D eigenvalue weighted by Gasteiger charge is -2.36. The van der Waals surface area contributed by atoms with Gasteiger partial charge in [0.25, 0.3) is 0 Å². The largest absolute Gasteiger partial charge is 0.312 e. The highest BCUT2D eigenvalue weighted by Gasteiger charge is 2.44. The van der Waals surface area contributed by atoms with Gasteiger partial charge in [-0.3, -0.25) is 0 Å². The number of rotatable bonds is 1. The van der Waals surface area contributed by atoms with Crippen LogP contribution in [0.3, 0.4) is 0 Å². The third-order valence-corrected chi connectivity index (χ3v) is 2.90. The number of thiol groups is 1. The van der Waals surface area contributed by atoms with Crippen LogP contribution in [0.2, 0.25) is 0 Å². The van der Waals surface area contributed by atoms with Crippen LogP contribution in [0.5, 0.6) is 0 Å². The third kappa shape index (κ3) is 1.30. The molecule has 0 atom stereocenters. The Morgan fingerprint density at radius 1 is 1.42 bits per heavy atom. The summed E-state index contributed by atoms with van der Waals surface area (Å²) >= 11 is 4.24. The third-order valence-electron chi connectivity index (χ3n) is 2.56. The predicted octanol–water partition coefficient (Wildman–Crippen LogP) is 2.10. The average Bonchev–Trinajstić information content (AvgIpc) is 2.11. The number of nitrogens with zero attached hydrogens (tertiary/aromatic N) is 1. The van der Waals surface area contributed by atoms with Crippen molar-refractivity contribution in [1.29, 1.82) is 0 Å². The van der Waals surface area contributed by atoms with E-state index in [1.165, 1.54) is 10.6 Å². The minimum absolute atomic E-state index is 0.262. The van der Waals surface area contributed by atoms with Crippen molar-refractivity contribution in [3.05, 3.63) is 11.6 Å². The van der Waals surface area contributed by atoms with Crippen molar-refractivity contribution in [2.24, 2.45) is 0 Å². The molecule has 0 radical (unpaired) electrons. The Balaban J connectivity index is 3.03. The van der Waals surface area contributed by atoms with Gasteiger partial charge in [0.2, 0.25) is 0 Å². The maximum Gasteiger partial charge on any atom is 0.0630 e. The van der Waals surface area contributed by atoms with E-state index in [9.17, 15) is 5.21 Å². The van der Waals surface area contributed by atoms with Gasteiger partial charge in [-0.25, -0.2) is 0 Å². The van der Waals surface area contributed by atoms with Crippen LogP contribution in [0.1, 0.15) is 27.7 Å². The lowest BCUT2D eigenvalue weighted by Crippen LogP contribution is -2.47. The molecule has 0 aromatic rings. The van der Waals surface area contributed by atoms with Gasteiger partial charge < -0.3 is 5.21 Å². The highest BCUT2D eigenvalue weighted by Crippen LogP contribution is 2.38. The lowest BCUT2D eigenvalue weighted by atomic mass is 9.98. The maximum absolute atomic E-state index is 9.83. The van der Waals surface area contributed by atoms with Crippen LogP contribution in [0.15, 0.2) is 11.6 Å². The summed E-state index contributed by atoms with van der Waals surface area (Å²) in [4.78, 5) is 0. The molecule has 0 saturated carbocycles. The zero-order valence-corrected chi connectivity index (χ0v) is 9.02. The van der Waals surface area contributed by atoms with Gasteiger partial charge in [-0.05, 0) is 33.3 Å². The fraction of sp³-hybridized carbons (Fsp3) is 0.778. The normalized spacial score (nSPS) is 27.3. The van der Waals surface area contributed by atoms with Gasteiger partial charge in [0.05, 0.1) is 11.1 Å². The second-order valence-corrected chi connectivity index (χ2v) is 4.67. The van der Waals surface area contributed by atoms with Crippen LogP contribution >= 0.6 is 12.6 Å². The Bertz CT molecular complexity index is 221. The summed E-state index contributed by atoms with van der Waals surface area (Å²) < 4.78 is 0. The van der Waals surface area contributed by atoms with Gasteiger partial charge in [-0.15, -0.1) is 0 Å². The summed E-state index contributed by atoms with van der Waals surface area (Å²) in [5, 5.41) is 11.2. The van der Waals surface area contributed by atoms with Gasteiger partial charge in [-0.2, -0.15) is 17.7 Å². The summed E-state index contributed by atoms with van der Waals surface area (Å²) in [6, 6.07) is 0. The molecule has 0 fully saturated rings. The number of hydrogen-bond acceptors (Lipinski definition) is 3. The van der Waals surface area contributed by atoms with E-state index in [4.69, 9.17) is 0 Å². The van der Waals surface area contributed by atoms with Gasteiger partial charge in [0.1, 0.15) is 0 Å². The smallest absolute Gasteiger partial charge is 0.0630 e. The SMILES string of the molecule is CC1(C)C=C(CS)C(C)(C)N1O. The van der Waals surface area contributed by atoms with Gasteiger partial charge >= 0.3 is 0 Å². The predicted molar refractivity (Wildman–Crippen MR) is 53.7 cm³/mol. The van der Waals surface area contributed by atoms with Gasteiger partial charge in [0.15, 0.2) is 0 Å². The summed E-state index contributed by atoms with van der Waals surface area (Å²) in [5.74, 6) is 0.702. The molecule has 1 aliphatic heterocycles. The van der Waals surface area contributed by atoms with E-state index in [1.54, 1.807) is 0 Å². The van der Waals surface area contributed by atoms with Crippen LogP contribution in [0.25, 0.3) is 0 Å². The minimum atomic E-state index is -0.273. The van der Waals surface area contributed by atoms with Gasteiger partial charge in [0, 0.05) is 5.75 Å². The van der Waals surface area contributed by atoms with E-state index < -0.39 is 0 Å². The van der Waals surface area contributed by atoms with Crippen LogP contribution in [-0.4, -0.2) is 27.1 Å². The Labute approximate surface area is 79.6 Å². The van der Waals surface area contributed by atoms with E-state index in [1.807, 2.05) is 27.7 Å². The van der Waals surface area contributed by atoms with Crippen molar-refractivity contribution < 1.29 is 5.21 Å². The van der Waals surface area contributed by atoms with Crippen molar-refractivity contribution in [2.75, 3.05) is 5.75 Å². The highest BCUT2D eigenvalue weighted by molar-refractivity contribution is 7.80. The average molecular weight is 187 g/mol. The molecular weight excluding hydrogens is 170 g/mol. The Kier molecular flexibility index (Phi) is 2.32. The molecule has 1 rings (SSSR count).